The van der Waals surface area contributed by atoms with Crippen molar-refractivity contribution >= 4 is 5.96 Å². The van der Waals surface area contributed by atoms with E-state index in [0.717, 1.165) is 25.9 Å². The lowest BCUT2D eigenvalue weighted by Gasteiger charge is -2.31. The summed E-state index contributed by atoms with van der Waals surface area (Å²) < 4.78 is 17.2. The van der Waals surface area contributed by atoms with Gasteiger partial charge in [0.15, 0.2) is 11.7 Å². The maximum atomic E-state index is 6.00. The average Bonchev–Trinajstić information content (AvgIpc) is 2.82. The van der Waals surface area contributed by atoms with Crippen molar-refractivity contribution in [3.63, 3.8) is 0 Å². The number of rotatable bonds is 4. The van der Waals surface area contributed by atoms with E-state index in [1.807, 2.05) is 4.90 Å². The predicted molar refractivity (Wildman–Crippen MR) is 73.0 cm³/mol. The number of guanidine groups is 1. The Morgan fingerprint density at radius 1 is 1.32 bits per heavy atom. The van der Waals surface area contributed by atoms with Crippen LogP contribution in [0.1, 0.15) is 26.7 Å². The van der Waals surface area contributed by atoms with Crippen molar-refractivity contribution in [3.8, 4) is 0 Å². The molecule has 0 aromatic heterocycles. The maximum absolute atomic E-state index is 6.00. The Labute approximate surface area is 114 Å². The molecule has 2 heterocycles. The molecule has 0 aliphatic carbocycles. The number of hydrogen-bond donors (Lipinski definition) is 1. The number of hydrogen-bond acceptors (Lipinski definition) is 4. The minimum Gasteiger partial charge on any atom is -0.381 e. The van der Waals surface area contributed by atoms with Gasteiger partial charge in [-0.3, -0.25) is 4.99 Å². The van der Waals surface area contributed by atoms with Gasteiger partial charge in [-0.1, -0.05) is 0 Å². The van der Waals surface area contributed by atoms with E-state index in [1.165, 1.54) is 0 Å². The summed E-state index contributed by atoms with van der Waals surface area (Å²) in [5.74, 6) is 0.157. The average molecular weight is 271 g/mol. The van der Waals surface area contributed by atoms with Crippen LogP contribution in [-0.2, 0) is 14.2 Å². The van der Waals surface area contributed by atoms with Gasteiger partial charge in [0.1, 0.15) is 6.10 Å². The molecule has 2 aliphatic heterocycles. The van der Waals surface area contributed by atoms with Crippen LogP contribution in [0.3, 0.4) is 0 Å². The number of nitrogens with two attached hydrogens (primary N) is 1. The van der Waals surface area contributed by atoms with Crippen LogP contribution in [0.4, 0.5) is 0 Å². The normalized spacial score (nSPS) is 26.8. The summed E-state index contributed by atoms with van der Waals surface area (Å²) in [6.45, 7) is 8.44. The molecule has 110 valence electrons. The zero-order chi connectivity index (χ0) is 13.7. The van der Waals surface area contributed by atoms with Crippen LogP contribution in [0.5, 0.6) is 0 Å². The molecule has 0 aromatic carbocycles. The van der Waals surface area contributed by atoms with Crippen LogP contribution in [0.15, 0.2) is 4.99 Å². The summed E-state index contributed by atoms with van der Waals surface area (Å²) in [5, 5.41) is 0. The third-order valence-corrected chi connectivity index (χ3v) is 3.71. The summed E-state index contributed by atoms with van der Waals surface area (Å²) in [7, 11) is 0. The quantitative estimate of drug-likeness (QED) is 0.598. The van der Waals surface area contributed by atoms with Crippen molar-refractivity contribution < 1.29 is 14.2 Å². The van der Waals surface area contributed by atoms with Gasteiger partial charge in [0, 0.05) is 25.9 Å². The number of ether oxygens (including phenoxy) is 3. The number of nitrogens with zero attached hydrogens (tertiary/aromatic N) is 2. The predicted octanol–water partition coefficient (Wildman–Crippen LogP) is 0.565. The van der Waals surface area contributed by atoms with Crippen molar-refractivity contribution in [3.05, 3.63) is 0 Å². The molecule has 19 heavy (non-hydrogen) atoms. The van der Waals surface area contributed by atoms with Crippen LogP contribution in [0.25, 0.3) is 0 Å². The van der Waals surface area contributed by atoms with Crippen LogP contribution < -0.4 is 5.73 Å². The minimum atomic E-state index is -0.428. The molecule has 6 heteroatoms. The van der Waals surface area contributed by atoms with Crippen molar-refractivity contribution in [2.75, 3.05) is 39.5 Å². The molecule has 0 radical (unpaired) electrons. The SMILES string of the molecule is CCN(CC)C(N)=NCC1COC2(CCOCC2)O1. The van der Waals surface area contributed by atoms with Crippen molar-refractivity contribution in [2.24, 2.45) is 10.7 Å². The Morgan fingerprint density at radius 3 is 2.63 bits per heavy atom. The molecule has 0 saturated carbocycles. The van der Waals surface area contributed by atoms with Crippen LogP contribution in [0.2, 0.25) is 0 Å². The lowest BCUT2D eigenvalue weighted by Crippen LogP contribution is -2.39. The summed E-state index contributed by atoms with van der Waals surface area (Å²) in [6, 6.07) is 0. The molecular weight excluding hydrogens is 246 g/mol. The summed E-state index contributed by atoms with van der Waals surface area (Å²) in [4.78, 5) is 6.44. The molecule has 6 nitrogen and oxygen atoms in total. The van der Waals surface area contributed by atoms with Gasteiger partial charge in [0.2, 0.25) is 0 Å². The fraction of sp³-hybridized carbons (Fsp3) is 0.923. The topological polar surface area (TPSA) is 69.3 Å². The standard InChI is InChI=1S/C13H25N3O3/c1-3-16(4-2)12(14)15-9-11-10-18-13(19-11)5-7-17-8-6-13/h11H,3-10H2,1-2H3,(H2,14,15). The van der Waals surface area contributed by atoms with E-state index in [2.05, 4.69) is 18.8 Å². The molecule has 0 amide bonds. The van der Waals surface area contributed by atoms with Crippen LogP contribution in [-0.4, -0.2) is 62.2 Å². The second-order valence-corrected chi connectivity index (χ2v) is 4.95. The third-order valence-electron chi connectivity index (χ3n) is 3.71. The van der Waals surface area contributed by atoms with Gasteiger partial charge in [-0.25, -0.2) is 0 Å². The van der Waals surface area contributed by atoms with E-state index in [0.29, 0.717) is 32.3 Å². The van der Waals surface area contributed by atoms with E-state index in [4.69, 9.17) is 19.9 Å². The Balaban J connectivity index is 1.83. The fourth-order valence-corrected chi connectivity index (χ4v) is 2.49. The van der Waals surface area contributed by atoms with Gasteiger partial charge in [-0.2, -0.15) is 0 Å². The molecule has 1 atom stereocenters. The van der Waals surface area contributed by atoms with Gasteiger partial charge in [-0.15, -0.1) is 0 Å². The van der Waals surface area contributed by atoms with E-state index >= 15 is 0 Å². The Hall–Kier alpha value is -0.850. The third kappa shape index (κ3) is 3.58. The second-order valence-electron chi connectivity index (χ2n) is 4.95. The summed E-state index contributed by atoms with van der Waals surface area (Å²) in [5.41, 5.74) is 5.95. The minimum absolute atomic E-state index is 0.00668. The Morgan fingerprint density at radius 2 is 2.00 bits per heavy atom. The van der Waals surface area contributed by atoms with Gasteiger partial charge >= 0.3 is 0 Å². The van der Waals surface area contributed by atoms with Gasteiger partial charge in [0.25, 0.3) is 0 Å². The fourth-order valence-electron chi connectivity index (χ4n) is 2.49. The summed E-state index contributed by atoms with van der Waals surface area (Å²) in [6.07, 6.45) is 1.62. The Bertz CT molecular complexity index is 312. The molecule has 0 bridgehead atoms. The van der Waals surface area contributed by atoms with Gasteiger partial charge in [-0.05, 0) is 13.8 Å². The van der Waals surface area contributed by atoms with Gasteiger partial charge in [0.05, 0.1) is 26.4 Å². The van der Waals surface area contributed by atoms with Crippen molar-refractivity contribution in [1.29, 1.82) is 0 Å². The monoisotopic (exact) mass is 271 g/mol. The molecule has 1 unspecified atom stereocenters. The number of aliphatic imine (C=N–C) groups is 1. The molecule has 2 saturated heterocycles. The molecular formula is C13H25N3O3. The van der Waals surface area contributed by atoms with Crippen molar-refractivity contribution in [1.82, 2.24) is 4.90 Å². The smallest absolute Gasteiger partial charge is 0.191 e. The summed E-state index contributed by atoms with van der Waals surface area (Å²) >= 11 is 0. The maximum Gasteiger partial charge on any atom is 0.191 e. The highest BCUT2D eigenvalue weighted by Gasteiger charge is 2.42. The first kappa shape index (κ1) is 14.6. The van der Waals surface area contributed by atoms with E-state index in [9.17, 15) is 0 Å². The highest BCUT2D eigenvalue weighted by molar-refractivity contribution is 5.78. The lowest BCUT2D eigenvalue weighted by atomic mass is 10.1. The molecule has 2 aliphatic rings. The zero-order valence-corrected chi connectivity index (χ0v) is 11.9. The van der Waals surface area contributed by atoms with Crippen LogP contribution >= 0.6 is 0 Å². The Kier molecular flexibility index (Phi) is 5.01. The second kappa shape index (κ2) is 6.54. The van der Waals surface area contributed by atoms with Gasteiger partial charge < -0.3 is 24.8 Å². The first-order valence-electron chi connectivity index (χ1n) is 7.13. The first-order chi connectivity index (χ1) is 9.19. The first-order valence-corrected chi connectivity index (χ1v) is 7.13. The molecule has 1 spiro atoms. The van der Waals surface area contributed by atoms with E-state index in [1.54, 1.807) is 0 Å². The zero-order valence-electron chi connectivity index (χ0n) is 11.9. The van der Waals surface area contributed by atoms with Crippen molar-refractivity contribution in [2.45, 2.75) is 38.6 Å². The highest BCUT2D eigenvalue weighted by atomic mass is 16.7. The van der Waals surface area contributed by atoms with Crippen LogP contribution in [0, 0.1) is 0 Å². The highest BCUT2D eigenvalue weighted by Crippen LogP contribution is 2.33. The molecule has 2 fully saturated rings. The lowest BCUT2D eigenvalue weighted by molar-refractivity contribution is -0.210. The van der Waals surface area contributed by atoms with E-state index in [-0.39, 0.29) is 6.10 Å². The molecule has 2 N–H and O–H groups in total. The largest absolute Gasteiger partial charge is 0.381 e. The molecule has 0 aromatic rings. The molecule has 2 rings (SSSR count). The van der Waals surface area contributed by atoms with E-state index < -0.39 is 5.79 Å².